The summed E-state index contributed by atoms with van der Waals surface area (Å²) in [6.07, 6.45) is 0. The van der Waals surface area contributed by atoms with Gasteiger partial charge in [-0.2, -0.15) is 4.31 Å². The zero-order valence-corrected chi connectivity index (χ0v) is 14.1. The predicted molar refractivity (Wildman–Crippen MR) is 90.9 cm³/mol. The molecule has 6 heteroatoms. The van der Waals surface area contributed by atoms with E-state index in [-0.39, 0.29) is 23.9 Å². The van der Waals surface area contributed by atoms with Crippen LogP contribution in [0, 0.1) is 11.8 Å². The summed E-state index contributed by atoms with van der Waals surface area (Å²) in [4.78, 5) is 11.5. The van der Waals surface area contributed by atoms with Crippen molar-refractivity contribution in [2.45, 2.75) is 11.8 Å². The van der Waals surface area contributed by atoms with Gasteiger partial charge in [0.15, 0.2) is 0 Å². The molecule has 2 aromatic carbocycles. The van der Waals surface area contributed by atoms with Gasteiger partial charge in [-0.05, 0) is 17.5 Å². The lowest BCUT2D eigenvalue weighted by Gasteiger charge is -2.18. The van der Waals surface area contributed by atoms with Crippen LogP contribution >= 0.6 is 0 Å². The first-order valence-electron chi connectivity index (χ1n) is 7.78. The molecular weight excluding hydrogens is 326 g/mol. The maximum Gasteiger partial charge on any atom is 0.308 e. The highest BCUT2D eigenvalue weighted by Gasteiger charge is 2.41. The maximum atomic E-state index is 13.1. The molecule has 0 unspecified atom stereocenters. The Balaban J connectivity index is 2.02. The molecule has 0 aliphatic carbocycles. The molecule has 1 aliphatic heterocycles. The van der Waals surface area contributed by atoms with E-state index in [2.05, 4.69) is 0 Å². The highest BCUT2D eigenvalue weighted by atomic mass is 32.2. The molecule has 0 amide bonds. The first-order valence-corrected chi connectivity index (χ1v) is 9.22. The molecular formula is C18H19NO4S. The number of benzene rings is 2. The monoisotopic (exact) mass is 345 g/mol. The molecule has 0 aromatic heterocycles. The van der Waals surface area contributed by atoms with Crippen molar-refractivity contribution in [3.63, 3.8) is 0 Å². The number of nitrogens with zero attached hydrogens (tertiary/aromatic N) is 1. The maximum absolute atomic E-state index is 13.1. The van der Waals surface area contributed by atoms with Crippen LogP contribution in [0.1, 0.15) is 6.92 Å². The third kappa shape index (κ3) is 2.95. The summed E-state index contributed by atoms with van der Waals surface area (Å²) in [6.45, 7) is 2.02. The second kappa shape index (κ2) is 6.37. The normalized spacial score (nSPS) is 21.7. The van der Waals surface area contributed by atoms with Gasteiger partial charge in [0, 0.05) is 18.7 Å². The minimum Gasteiger partial charge on any atom is -0.481 e. The lowest BCUT2D eigenvalue weighted by Crippen LogP contribution is -2.30. The Labute approximate surface area is 141 Å². The number of sulfonamides is 1. The van der Waals surface area contributed by atoms with Crippen LogP contribution < -0.4 is 0 Å². The number of hydrogen-bond acceptors (Lipinski definition) is 3. The van der Waals surface area contributed by atoms with Crippen LogP contribution in [-0.4, -0.2) is 36.9 Å². The van der Waals surface area contributed by atoms with E-state index in [4.69, 9.17) is 0 Å². The molecule has 5 nitrogen and oxygen atoms in total. The molecule has 1 saturated heterocycles. The van der Waals surface area contributed by atoms with Crippen LogP contribution in [0.25, 0.3) is 11.1 Å². The molecule has 0 radical (unpaired) electrons. The number of carbonyl (C=O) groups is 1. The summed E-state index contributed by atoms with van der Waals surface area (Å²) >= 11 is 0. The lowest BCUT2D eigenvalue weighted by atomic mass is 9.99. The third-order valence-corrected chi connectivity index (χ3v) is 6.38. The van der Waals surface area contributed by atoms with Gasteiger partial charge in [-0.25, -0.2) is 8.42 Å². The lowest BCUT2D eigenvalue weighted by molar-refractivity contribution is -0.142. The summed E-state index contributed by atoms with van der Waals surface area (Å²) < 4.78 is 27.4. The number of hydrogen-bond donors (Lipinski definition) is 1. The second-order valence-electron chi connectivity index (χ2n) is 6.11. The Hall–Kier alpha value is -2.18. The van der Waals surface area contributed by atoms with Crippen LogP contribution in [-0.2, 0) is 14.8 Å². The van der Waals surface area contributed by atoms with Gasteiger partial charge in [0.2, 0.25) is 10.0 Å². The molecule has 1 N–H and O–H groups in total. The quantitative estimate of drug-likeness (QED) is 0.924. The Bertz CT molecular complexity index is 848. The van der Waals surface area contributed by atoms with Crippen LogP contribution in [0.2, 0.25) is 0 Å². The van der Waals surface area contributed by atoms with E-state index in [1.807, 2.05) is 30.3 Å². The van der Waals surface area contributed by atoms with Crippen molar-refractivity contribution in [2.24, 2.45) is 11.8 Å². The van der Waals surface area contributed by atoms with E-state index in [9.17, 15) is 18.3 Å². The smallest absolute Gasteiger partial charge is 0.308 e. The SMILES string of the molecule is C[C@@H]1CN(S(=O)(=O)c2ccccc2-c2ccccc2)C[C@H]1C(=O)O. The van der Waals surface area contributed by atoms with Gasteiger partial charge in [-0.15, -0.1) is 0 Å². The van der Waals surface area contributed by atoms with E-state index in [1.165, 1.54) is 4.31 Å². The molecule has 1 heterocycles. The molecule has 2 atom stereocenters. The zero-order valence-electron chi connectivity index (χ0n) is 13.3. The van der Waals surface area contributed by atoms with E-state index in [1.54, 1.807) is 31.2 Å². The number of carboxylic acid groups (broad SMARTS) is 1. The third-order valence-electron chi connectivity index (χ3n) is 4.49. The number of carboxylic acids is 1. The summed E-state index contributed by atoms with van der Waals surface area (Å²) in [5, 5.41) is 9.25. The van der Waals surface area contributed by atoms with Crippen molar-refractivity contribution in [3.05, 3.63) is 54.6 Å². The van der Waals surface area contributed by atoms with Gasteiger partial charge < -0.3 is 5.11 Å². The summed E-state index contributed by atoms with van der Waals surface area (Å²) in [5.74, 6) is -1.82. The standard InChI is InChI=1S/C18H19NO4S/c1-13-11-19(12-16(13)18(20)21)24(22,23)17-10-6-5-9-15(17)14-7-3-2-4-8-14/h2-10,13,16H,11-12H2,1H3,(H,20,21)/t13-,16-/m1/s1. The first-order chi connectivity index (χ1) is 11.4. The Morgan fingerprint density at radius 2 is 1.67 bits per heavy atom. The fourth-order valence-electron chi connectivity index (χ4n) is 3.13. The molecule has 3 rings (SSSR count). The van der Waals surface area contributed by atoms with Gasteiger partial charge in [0.1, 0.15) is 0 Å². The fourth-order valence-corrected chi connectivity index (χ4v) is 4.91. The largest absolute Gasteiger partial charge is 0.481 e. The molecule has 1 fully saturated rings. The Morgan fingerprint density at radius 3 is 2.29 bits per heavy atom. The van der Waals surface area contributed by atoms with Gasteiger partial charge in [0.05, 0.1) is 10.8 Å². The van der Waals surface area contributed by atoms with Crippen molar-refractivity contribution < 1.29 is 18.3 Å². The van der Waals surface area contributed by atoms with Gasteiger partial charge in [0.25, 0.3) is 0 Å². The second-order valence-corrected chi connectivity index (χ2v) is 8.01. The van der Waals surface area contributed by atoms with Crippen LogP contribution in [0.3, 0.4) is 0 Å². The Kier molecular flexibility index (Phi) is 4.43. The van der Waals surface area contributed by atoms with Crippen molar-refractivity contribution in [1.82, 2.24) is 4.31 Å². The summed E-state index contributed by atoms with van der Waals surface area (Å²) in [6, 6.07) is 16.2. The average Bonchev–Trinajstić information content (AvgIpc) is 2.98. The number of aliphatic carboxylic acids is 1. The average molecular weight is 345 g/mol. The van der Waals surface area contributed by atoms with E-state index in [0.717, 1.165) is 5.56 Å². The van der Waals surface area contributed by atoms with Crippen LogP contribution in [0.15, 0.2) is 59.5 Å². The first kappa shape index (κ1) is 16.7. The van der Waals surface area contributed by atoms with Gasteiger partial charge in [-0.3, -0.25) is 4.79 Å². The number of rotatable bonds is 4. The molecule has 0 spiro atoms. The molecule has 126 valence electrons. The van der Waals surface area contributed by atoms with Crippen LogP contribution in [0.4, 0.5) is 0 Å². The highest BCUT2D eigenvalue weighted by Crippen LogP contribution is 2.33. The van der Waals surface area contributed by atoms with Crippen molar-refractivity contribution in [2.75, 3.05) is 13.1 Å². The molecule has 2 aromatic rings. The van der Waals surface area contributed by atoms with Gasteiger partial charge >= 0.3 is 5.97 Å². The summed E-state index contributed by atoms with van der Waals surface area (Å²) in [7, 11) is -3.75. The molecule has 0 saturated carbocycles. The minimum atomic E-state index is -3.75. The topological polar surface area (TPSA) is 74.7 Å². The van der Waals surface area contributed by atoms with Crippen LogP contribution in [0.5, 0.6) is 0 Å². The highest BCUT2D eigenvalue weighted by molar-refractivity contribution is 7.89. The van der Waals surface area contributed by atoms with E-state index < -0.39 is 21.9 Å². The van der Waals surface area contributed by atoms with Crippen molar-refractivity contribution in [3.8, 4) is 11.1 Å². The van der Waals surface area contributed by atoms with E-state index in [0.29, 0.717) is 5.56 Å². The fraction of sp³-hybridized carbons (Fsp3) is 0.278. The summed E-state index contributed by atoms with van der Waals surface area (Å²) in [5.41, 5.74) is 1.45. The Morgan fingerprint density at radius 1 is 1.04 bits per heavy atom. The molecule has 24 heavy (non-hydrogen) atoms. The van der Waals surface area contributed by atoms with E-state index >= 15 is 0 Å². The van der Waals surface area contributed by atoms with Crippen molar-refractivity contribution >= 4 is 16.0 Å². The zero-order chi connectivity index (χ0) is 17.3. The van der Waals surface area contributed by atoms with Crippen molar-refractivity contribution in [1.29, 1.82) is 0 Å². The van der Waals surface area contributed by atoms with Gasteiger partial charge in [-0.1, -0.05) is 55.5 Å². The predicted octanol–water partition coefficient (Wildman–Crippen LogP) is 2.69. The molecule has 0 bridgehead atoms. The minimum absolute atomic E-state index is 0.0158. The molecule has 1 aliphatic rings.